The number of hydrogen-bond acceptors (Lipinski definition) is 4. The van der Waals surface area contributed by atoms with Crippen LogP contribution < -0.4 is 5.43 Å². The molecule has 0 bridgehead atoms. The van der Waals surface area contributed by atoms with Gasteiger partial charge in [0, 0.05) is 17.0 Å². The summed E-state index contributed by atoms with van der Waals surface area (Å²) in [6.07, 6.45) is 1.97. The Kier molecular flexibility index (Phi) is 5.77. The van der Waals surface area contributed by atoms with Gasteiger partial charge in [-0.25, -0.2) is 10.4 Å². The second kappa shape index (κ2) is 8.80. The lowest BCUT2D eigenvalue weighted by Gasteiger charge is -2.08. The molecule has 0 spiro atoms. The van der Waals surface area contributed by atoms with Gasteiger partial charge in [-0.1, -0.05) is 54.1 Å². The Morgan fingerprint density at radius 2 is 1.87 bits per heavy atom. The fraction of sp³-hybridized carbons (Fsp3) is 0.0870. The molecule has 150 valence electrons. The number of nitrogens with zero attached hydrogens (tertiary/aromatic N) is 3. The molecule has 1 aromatic heterocycles. The van der Waals surface area contributed by atoms with Gasteiger partial charge in [-0.2, -0.15) is 5.10 Å². The lowest BCUT2D eigenvalue weighted by molar-refractivity contribution is -0.121. The lowest BCUT2D eigenvalue weighted by atomic mass is 10.1. The Balaban J connectivity index is 1.53. The third kappa shape index (κ3) is 4.50. The number of aromatic nitrogens is 2. The van der Waals surface area contributed by atoms with Crippen molar-refractivity contribution in [3.63, 3.8) is 0 Å². The molecule has 0 radical (unpaired) electrons. The standard InChI is InChI=1S/C23H19ClN4O2/c24-18-10-11-21(29)17(13-18)14-25-27-23(30)15-28-20-9-5-4-8-19(20)26-22(28)12-16-6-2-1-3-7-16/h1-11,13-14,29H,12,15H2,(H,27,30)/b25-14+. The van der Waals surface area contributed by atoms with E-state index in [1.165, 1.54) is 12.3 Å². The first-order valence-electron chi connectivity index (χ1n) is 9.38. The van der Waals surface area contributed by atoms with Crippen LogP contribution in [0.1, 0.15) is 17.0 Å². The molecule has 0 aliphatic carbocycles. The monoisotopic (exact) mass is 418 g/mol. The summed E-state index contributed by atoms with van der Waals surface area (Å²) in [6, 6.07) is 22.3. The molecule has 6 nitrogen and oxygen atoms in total. The Labute approximate surface area is 178 Å². The summed E-state index contributed by atoms with van der Waals surface area (Å²) in [6.45, 7) is 0.0710. The summed E-state index contributed by atoms with van der Waals surface area (Å²) in [7, 11) is 0. The van der Waals surface area contributed by atoms with Crippen LogP contribution in [-0.4, -0.2) is 26.8 Å². The maximum Gasteiger partial charge on any atom is 0.260 e. The minimum atomic E-state index is -0.301. The zero-order chi connectivity index (χ0) is 20.9. The van der Waals surface area contributed by atoms with Gasteiger partial charge in [0.25, 0.3) is 5.91 Å². The predicted molar refractivity (Wildman–Crippen MR) is 118 cm³/mol. The number of halogens is 1. The molecule has 4 rings (SSSR count). The third-order valence-electron chi connectivity index (χ3n) is 4.62. The van der Waals surface area contributed by atoms with Crippen molar-refractivity contribution < 1.29 is 9.90 Å². The number of nitrogens with one attached hydrogen (secondary N) is 1. The minimum Gasteiger partial charge on any atom is -0.507 e. The summed E-state index contributed by atoms with van der Waals surface area (Å²) in [5.41, 5.74) is 5.75. The van der Waals surface area contributed by atoms with E-state index >= 15 is 0 Å². The topological polar surface area (TPSA) is 79.5 Å². The molecule has 30 heavy (non-hydrogen) atoms. The average Bonchev–Trinajstić information content (AvgIpc) is 3.08. The van der Waals surface area contributed by atoms with Crippen molar-refractivity contribution in [2.24, 2.45) is 5.10 Å². The Hall–Kier alpha value is -3.64. The SMILES string of the molecule is O=C(Cn1c(Cc2ccccc2)nc2ccccc21)N/N=C/c1cc(Cl)ccc1O. The van der Waals surface area contributed by atoms with Crippen molar-refractivity contribution in [3.8, 4) is 5.75 Å². The fourth-order valence-electron chi connectivity index (χ4n) is 3.20. The summed E-state index contributed by atoms with van der Waals surface area (Å²) < 4.78 is 1.89. The lowest BCUT2D eigenvalue weighted by Crippen LogP contribution is -2.24. The number of phenolic OH excluding ortho intramolecular Hbond substituents is 1. The smallest absolute Gasteiger partial charge is 0.260 e. The van der Waals surface area contributed by atoms with Gasteiger partial charge in [0.1, 0.15) is 18.1 Å². The van der Waals surface area contributed by atoms with Crippen molar-refractivity contribution in [2.45, 2.75) is 13.0 Å². The number of benzene rings is 3. The Morgan fingerprint density at radius 1 is 1.10 bits per heavy atom. The number of rotatable bonds is 6. The summed E-state index contributed by atoms with van der Waals surface area (Å²) in [5, 5.41) is 14.2. The highest BCUT2D eigenvalue weighted by molar-refractivity contribution is 6.30. The number of amides is 1. The van der Waals surface area contributed by atoms with Crippen LogP contribution in [-0.2, 0) is 17.8 Å². The van der Waals surface area contributed by atoms with E-state index in [9.17, 15) is 9.90 Å². The zero-order valence-electron chi connectivity index (χ0n) is 16.0. The molecule has 0 atom stereocenters. The molecule has 3 aromatic carbocycles. The molecule has 0 saturated carbocycles. The van der Waals surface area contributed by atoms with E-state index in [1.54, 1.807) is 12.1 Å². The van der Waals surface area contributed by atoms with Crippen LogP contribution >= 0.6 is 11.6 Å². The molecule has 0 aliphatic heterocycles. The molecule has 0 unspecified atom stereocenters. The Morgan fingerprint density at radius 3 is 2.70 bits per heavy atom. The van der Waals surface area contributed by atoms with Crippen LogP contribution in [0.15, 0.2) is 77.9 Å². The molecule has 7 heteroatoms. The zero-order valence-corrected chi connectivity index (χ0v) is 16.8. The second-order valence-electron chi connectivity index (χ2n) is 6.76. The number of carbonyl (C=O) groups excluding carboxylic acids is 1. The molecule has 2 N–H and O–H groups in total. The predicted octanol–water partition coefficient (Wildman–Crippen LogP) is 4.14. The number of hydrazone groups is 1. The maximum absolute atomic E-state index is 12.5. The minimum absolute atomic E-state index is 0.0307. The van der Waals surface area contributed by atoms with Crippen LogP contribution in [0.2, 0.25) is 5.02 Å². The molecule has 4 aromatic rings. The van der Waals surface area contributed by atoms with Gasteiger partial charge in [-0.3, -0.25) is 4.79 Å². The number of para-hydroxylation sites is 2. The van der Waals surface area contributed by atoms with Crippen molar-refractivity contribution >= 4 is 34.8 Å². The van der Waals surface area contributed by atoms with Crippen molar-refractivity contribution in [2.75, 3.05) is 0 Å². The van der Waals surface area contributed by atoms with Crippen LogP contribution in [0, 0.1) is 0 Å². The summed E-state index contributed by atoms with van der Waals surface area (Å²) in [5.74, 6) is 0.530. The van der Waals surface area contributed by atoms with Crippen LogP contribution in [0.25, 0.3) is 11.0 Å². The van der Waals surface area contributed by atoms with E-state index in [1.807, 2.05) is 59.2 Å². The van der Waals surface area contributed by atoms with Gasteiger partial charge in [0.2, 0.25) is 0 Å². The van der Waals surface area contributed by atoms with Crippen molar-refractivity contribution in [3.05, 3.63) is 94.8 Å². The quantitative estimate of drug-likeness (QED) is 0.365. The number of phenols is 1. The van der Waals surface area contributed by atoms with Crippen LogP contribution in [0.3, 0.4) is 0 Å². The molecule has 0 aliphatic rings. The molecular formula is C23H19ClN4O2. The molecule has 1 heterocycles. The van der Waals surface area contributed by atoms with Gasteiger partial charge in [-0.05, 0) is 35.9 Å². The van der Waals surface area contributed by atoms with E-state index in [2.05, 4.69) is 10.5 Å². The van der Waals surface area contributed by atoms with E-state index in [0.717, 1.165) is 22.4 Å². The summed E-state index contributed by atoms with van der Waals surface area (Å²) >= 11 is 5.92. The highest BCUT2D eigenvalue weighted by atomic mass is 35.5. The molecular weight excluding hydrogens is 400 g/mol. The number of hydrogen-bond donors (Lipinski definition) is 2. The van der Waals surface area contributed by atoms with Crippen LogP contribution in [0.4, 0.5) is 0 Å². The van der Waals surface area contributed by atoms with Crippen molar-refractivity contribution in [1.82, 2.24) is 15.0 Å². The van der Waals surface area contributed by atoms with Gasteiger partial charge in [0.15, 0.2) is 0 Å². The first kappa shape index (κ1) is 19.7. The average molecular weight is 419 g/mol. The first-order chi connectivity index (χ1) is 14.6. The largest absolute Gasteiger partial charge is 0.507 e. The van der Waals surface area contributed by atoms with Gasteiger partial charge >= 0.3 is 0 Å². The highest BCUT2D eigenvalue weighted by Gasteiger charge is 2.14. The molecule has 0 saturated heterocycles. The Bertz CT molecular complexity index is 1220. The molecule has 1 amide bonds. The summed E-state index contributed by atoms with van der Waals surface area (Å²) in [4.78, 5) is 17.2. The fourth-order valence-corrected chi connectivity index (χ4v) is 3.38. The van der Waals surface area contributed by atoms with E-state index in [0.29, 0.717) is 17.0 Å². The third-order valence-corrected chi connectivity index (χ3v) is 4.86. The highest BCUT2D eigenvalue weighted by Crippen LogP contribution is 2.20. The number of fused-ring (bicyclic) bond motifs is 1. The maximum atomic E-state index is 12.5. The van der Waals surface area contributed by atoms with E-state index in [4.69, 9.17) is 16.6 Å². The van der Waals surface area contributed by atoms with Gasteiger partial charge in [0.05, 0.1) is 17.2 Å². The van der Waals surface area contributed by atoms with E-state index in [-0.39, 0.29) is 18.2 Å². The number of aromatic hydroxyl groups is 1. The normalized spacial score (nSPS) is 11.2. The second-order valence-corrected chi connectivity index (χ2v) is 7.20. The van der Waals surface area contributed by atoms with Gasteiger partial charge in [-0.15, -0.1) is 0 Å². The van der Waals surface area contributed by atoms with Gasteiger partial charge < -0.3 is 9.67 Å². The number of carbonyl (C=O) groups is 1. The molecule has 0 fully saturated rings. The van der Waals surface area contributed by atoms with Crippen LogP contribution in [0.5, 0.6) is 5.75 Å². The first-order valence-corrected chi connectivity index (χ1v) is 9.76. The number of imidazole rings is 1. The van der Waals surface area contributed by atoms with E-state index < -0.39 is 0 Å². The van der Waals surface area contributed by atoms with Crippen molar-refractivity contribution in [1.29, 1.82) is 0 Å².